The summed E-state index contributed by atoms with van der Waals surface area (Å²) < 4.78 is 4.99. The summed E-state index contributed by atoms with van der Waals surface area (Å²) >= 11 is 5.99. The summed E-state index contributed by atoms with van der Waals surface area (Å²) in [5.74, 6) is 0.123. The van der Waals surface area contributed by atoms with E-state index in [-0.39, 0.29) is 0 Å². The Bertz CT molecular complexity index is 592. The van der Waals surface area contributed by atoms with E-state index in [0.29, 0.717) is 39.9 Å². The number of aryl methyl sites for hydroxylation is 2. The Labute approximate surface area is 103 Å². The van der Waals surface area contributed by atoms with Crippen LogP contribution in [-0.2, 0) is 4.74 Å². The molecule has 0 bridgehead atoms. The summed E-state index contributed by atoms with van der Waals surface area (Å²) in [6, 6.07) is 0. The summed E-state index contributed by atoms with van der Waals surface area (Å²) in [5, 5.41) is 0.311. The normalized spacial score (nSPS) is 10.8. The standard InChI is InChI=1S/C11H12ClN3O2/c1-4-17-11(16)7-5(2)13-9-8(7)14-6(3)15-10(9)12/h13H,4H2,1-3H3. The number of aromatic amines is 1. The van der Waals surface area contributed by atoms with Crippen LogP contribution in [0.2, 0.25) is 5.15 Å². The van der Waals surface area contributed by atoms with Crippen molar-refractivity contribution in [2.45, 2.75) is 20.8 Å². The first kappa shape index (κ1) is 11.9. The van der Waals surface area contributed by atoms with Gasteiger partial charge < -0.3 is 9.72 Å². The summed E-state index contributed by atoms with van der Waals surface area (Å²) in [6.07, 6.45) is 0. The Morgan fingerprint density at radius 2 is 2.12 bits per heavy atom. The average Bonchev–Trinajstić information content (AvgIpc) is 2.55. The van der Waals surface area contributed by atoms with Crippen molar-refractivity contribution >= 4 is 28.6 Å². The Morgan fingerprint density at radius 1 is 1.41 bits per heavy atom. The molecule has 5 nitrogen and oxygen atoms in total. The second kappa shape index (κ2) is 4.33. The molecule has 0 aromatic carbocycles. The van der Waals surface area contributed by atoms with E-state index in [1.165, 1.54) is 0 Å². The molecular formula is C11H12ClN3O2. The van der Waals surface area contributed by atoms with Crippen LogP contribution in [0.5, 0.6) is 0 Å². The van der Waals surface area contributed by atoms with Gasteiger partial charge in [0.2, 0.25) is 0 Å². The largest absolute Gasteiger partial charge is 0.462 e. The molecule has 0 unspecified atom stereocenters. The molecule has 0 aliphatic heterocycles. The number of nitrogens with one attached hydrogen (secondary N) is 1. The van der Waals surface area contributed by atoms with Crippen LogP contribution < -0.4 is 0 Å². The fourth-order valence-corrected chi connectivity index (χ4v) is 1.97. The summed E-state index contributed by atoms with van der Waals surface area (Å²) in [6.45, 7) is 5.58. The second-order valence-electron chi connectivity index (χ2n) is 3.63. The molecule has 2 heterocycles. The number of H-pyrrole nitrogens is 1. The third kappa shape index (κ3) is 1.98. The van der Waals surface area contributed by atoms with Crippen molar-refractivity contribution in [3.8, 4) is 0 Å². The number of ether oxygens (including phenoxy) is 1. The number of carbonyl (C=O) groups excluding carboxylic acids is 1. The van der Waals surface area contributed by atoms with Crippen molar-refractivity contribution in [2.75, 3.05) is 6.61 Å². The lowest BCUT2D eigenvalue weighted by atomic mass is 10.2. The molecule has 0 saturated heterocycles. The third-order valence-corrected chi connectivity index (χ3v) is 2.65. The Kier molecular flexibility index (Phi) is 3.02. The molecule has 0 radical (unpaired) electrons. The fraction of sp³-hybridized carbons (Fsp3) is 0.364. The maximum atomic E-state index is 11.8. The van der Waals surface area contributed by atoms with Gasteiger partial charge in [-0.2, -0.15) is 0 Å². The van der Waals surface area contributed by atoms with E-state index >= 15 is 0 Å². The zero-order chi connectivity index (χ0) is 12.6. The first-order valence-electron chi connectivity index (χ1n) is 5.24. The van der Waals surface area contributed by atoms with Crippen LogP contribution >= 0.6 is 11.6 Å². The minimum absolute atomic E-state index is 0.311. The molecule has 0 atom stereocenters. The van der Waals surface area contributed by atoms with Gasteiger partial charge in [0.05, 0.1) is 6.61 Å². The lowest BCUT2D eigenvalue weighted by Crippen LogP contribution is -2.06. The number of aromatic nitrogens is 3. The van der Waals surface area contributed by atoms with Gasteiger partial charge in [-0.05, 0) is 20.8 Å². The molecule has 90 valence electrons. The van der Waals surface area contributed by atoms with Crippen molar-refractivity contribution < 1.29 is 9.53 Å². The van der Waals surface area contributed by atoms with Crippen molar-refractivity contribution in [1.29, 1.82) is 0 Å². The van der Waals surface area contributed by atoms with Gasteiger partial charge >= 0.3 is 5.97 Å². The highest BCUT2D eigenvalue weighted by Crippen LogP contribution is 2.25. The number of rotatable bonds is 2. The van der Waals surface area contributed by atoms with Crippen molar-refractivity contribution in [3.05, 3.63) is 22.2 Å². The predicted octanol–water partition coefficient (Wildman–Crippen LogP) is 2.40. The number of nitrogens with zero attached hydrogens (tertiary/aromatic N) is 2. The van der Waals surface area contributed by atoms with Crippen molar-refractivity contribution in [1.82, 2.24) is 15.0 Å². The monoisotopic (exact) mass is 253 g/mol. The highest BCUT2D eigenvalue weighted by molar-refractivity contribution is 6.34. The zero-order valence-electron chi connectivity index (χ0n) is 9.80. The maximum Gasteiger partial charge on any atom is 0.342 e. The van der Waals surface area contributed by atoms with Gasteiger partial charge in [0.1, 0.15) is 22.4 Å². The first-order chi connectivity index (χ1) is 8.04. The summed E-state index contributed by atoms with van der Waals surface area (Å²) in [5.41, 5.74) is 2.19. The smallest absolute Gasteiger partial charge is 0.342 e. The van der Waals surface area contributed by atoms with Crippen LogP contribution in [0, 0.1) is 13.8 Å². The molecule has 6 heteroatoms. The van der Waals surface area contributed by atoms with Crippen LogP contribution in [0.25, 0.3) is 11.0 Å². The molecule has 0 saturated carbocycles. The van der Waals surface area contributed by atoms with E-state index in [1.54, 1.807) is 20.8 Å². The average molecular weight is 254 g/mol. The molecule has 2 aromatic rings. The number of hydrogen-bond donors (Lipinski definition) is 1. The van der Waals surface area contributed by atoms with Crippen LogP contribution in [-0.4, -0.2) is 27.5 Å². The minimum atomic E-state index is -0.398. The number of hydrogen-bond acceptors (Lipinski definition) is 4. The van der Waals surface area contributed by atoms with Gasteiger partial charge in [0.15, 0.2) is 5.15 Å². The van der Waals surface area contributed by atoms with Crippen molar-refractivity contribution in [3.63, 3.8) is 0 Å². The van der Waals surface area contributed by atoms with Crippen LogP contribution in [0.1, 0.15) is 28.8 Å². The van der Waals surface area contributed by atoms with Gasteiger partial charge in [-0.25, -0.2) is 14.8 Å². The van der Waals surface area contributed by atoms with Gasteiger partial charge in [-0.1, -0.05) is 11.6 Å². The molecule has 0 amide bonds. The Hall–Kier alpha value is -1.62. The topological polar surface area (TPSA) is 67.9 Å². The minimum Gasteiger partial charge on any atom is -0.462 e. The van der Waals surface area contributed by atoms with E-state index in [2.05, 4.69) is 15.0 Å². The number of carbonyl (C=O) groups is 1. The number of esters is 1. The molecule has 0 fully saturated rings. The van der Waals surface area contributed by atoms with Gasteiger partial charge in [-0.15, -0.1) is 0 Å². The summed E-state index contributed by atoms with van der Waals surface area (Å²) in [7, 11) is 0. The van der Waals surface area contributed by atoms with Crippen LogP contribution in [0.3, 0.4) is 0 Å². The second-order valence-corrected chi connectivity index (χ2v) is 3.99. The van der Waals surface area contributed by atoms with E-state index in [4.69, 9.17) is 16.3 Å². The van der Waals surface area contributed by atoms with Gasteiger partial charge in [0.25, 0.3) is 0 Å². The lowest BCUT2D eigenvalue weighted by Gasteiger charge is -2.01. The Morgan fingerprint density at radius 3 is 2.76 bits per heavy atom. The maximum absolute atomic E-state index is 11.8. The van der Waals surface area contributed by atoms with Crippen LogP contribution in [0.4, 0.5) is 0 Å². The Balaban J connectivity index is 2.70. The quantitative estimate of drug-likeness (QED) is 0.659. The molecule has 17 heavy (non-hydrogen) atoms. The molecular weight excluding hydrogens is 242 g/mol. The van der Waals surface area contributed by atoms with E-state index in [9.17, 15) is 4.79 Å². The van der Waals surface area contributed by atoms with E-state index < -0.39 is 5.97 Å². The molecule has 2 rings (SSSR count). The first-order valence-corrected chi connectivity index (χ1v) is 5.62. The van der Waals surface area contributed by atoms with Crippen LogP contribution in [0.15, 0.2) is 0 Å². The molecule has 1 N–H and O–H groups in total. The fourth-order valence-electron chi connectivity index (χ4n) is 1.71. The SMILES string of the molecule is CCOC(=O)c1c(C)[nH]c2c(Cl)nc(C)nc12. The van der Waals surface area contributed by atoms with Crippen molar-refractivity contribution in [2.24, 2.45) is 0 Å². The predicted molar refractivity (Wildman–Crippen MR) is 64.3 cm³/mol. The lowest BCUT2D eigenvalue weighted by molar-refractivity contribution is 0.0527. The number of halogens is 1. The number of fused-ring (bicyclic) bond motifs is 1. The highest BCUT2D eigenvalue weighted by Gasteiger charge is 2.20. The highest BCUT2D eigenvalue weighted by atomic mass is 35.5. The van der Waals surface area contributed by atoms with E-state index in [0.717, 1.165) is 0 Å². The third-order valence-electron chi connectivity index (χ3n) is 2.38. The molecule has 0 spiro atoms. The molecule has 2 aromatic heterocycles. The molecule has 0 aliphatic rings. The molecule has 0 aliphatic carbocycles. The van der Waals surface area contributed by atoms with Gasteiger partial charge in [0, 0.05) is 5.69 Å². The van der Waals surface area contributed by atoms with E-state index in [1.807, 2.05) is 0 Å². The summed E-state index contributed by atoms with van der Waals surface area (Å²) in [4.78, 5) is 23.1. The van der Waals surface area contributed by atoms with Gasteiger partial charge in [-0.3, -0.25) is 0 Å². The zero-order valence-corrected chi connectivity index (χ0v) is 10.6.